The first-order valence-corrected chi connectivity index (χ1v) is 14.2. The van der Waals surface area contributed by atoms with Crippen LogP contribution < -0.4 is 4.72 Å². The van der Waals surface area contributed by atoms with Gasteiger partial charge in [-0.1, -0.05) is 105 Å². The Bertz CT molecular complexity index is 1610. The summed E-state index contributed by atoms with van der Waals surface area (Å²) in [5.74, 6) is -0.793. The number of fused-ring (bicyclic) bond motifs is 2. The third-order valence-corrected chi connectivity index (χ3v) is 8.93. The van der Waals surface area contributed by atoms with Gasteiger partial charge in [0.1, 0.15) is 11.4 Å². The Kier molecular flexibility index (Phi) is 7.05. The molecule has 0 heterocycles. The zero-order chi connectivity index (χ0) is 26.9. The number of sulfonamides is 1. The molecule has 0 saturated heterocycles. The monoisotopic (exact) mass is 527 g/mol. The zero-order valence-electron chi connectivity index (χ0n) is 21.3. The molecule has 0 bridgehead atoms. The standard InChI is InChI=1S/C32H30FNO3S/c1-3-22(2)31(34-38(36,37)26-20-18-25(33)19-21-26)32(35,29-16-8-12-23-10-4-6-14-27(23)29)30-17-9-13-24-11-5-7-15-28(24)30/h4-22,31,34-35H,3H2,1-2H3. The molecule has 4 nitrogen and oxygen atoms in total. The summed E-state index contributed by atoms with van der Waals surface area (Å²) in [6.07, 6.45) is 0.606. The molecular weight excluding hydrogens is 497 g/mol. The summed E-state index contributed by atoms with van der Waals surface area (Å²) in [4.78, 5) is -0.0645. The second-order valence-corrected chi connectivity index (χ2v) is 11.5. The van der Waals surface area contributed by atoms with Crippen LogP contribution in [-0.4, -0.2) is 19.6 Å². The molecule has 2 unspecified atom stereocenters. The van der Waals surface area contributed by atoms with Gasteiger partial charge in [0.25, 0.3) is 0 Å². The van der Waals surface area contributed by atoms with Crippen molar-refractivity contribution >= 4 is 31.6 Å². The van der Waals surface area contributed by atoms with E-state index < -0.39 is 27.5 Å². The van der Waals surface area contributed by atoms with Crippen LogP contribution in [0.1, 0.15) is 31.4 Å². The van der Waals surface area contributed by atoms with Crippen molar-refractivity contribution in [3.63, 3.8) is 0 Å². The van der Waals surface area contributed by atoms with E-state index in [2.05, 4.69) is 4.72 Å². The number of rotatable bonds is 8. The molecule has 0 aliphatic carbocycles. The van der Waals surface area contributed by atoms with Gasteiger partial charge in [0, 0.05) is 0 Å². The molecule has 38 heavy (non-hydrogen) atoms. The van der Waals surface area contributed by atoms with E-state index in [4.69, 9.17) is 0 Å². The minimum absolute atomic E-state index is 0.0645. The predicted molar refractivity (Wildman–Crippen MR) is 151 cm³/mol. The van der Waals surface area contributed by atoms with Crippen LogP contribution in [0.5, 0.6) is 0 Å². The Balaban J connectivity index is 1.81. The van der Waals surface area contributed by atoms with Crippen molar-refractivity contribution in [2.75, 3.05) is 0 Å². The number of hydrogen-bond donors (Lipinski definition) is 2. The van der Waals surface area contributed by atoms with Crippen LogP contribution >= 0.6 is 0 Å². The third kappa shape index (κ3) is 4.60. The molecule has 2 atom stereocenters. The molecular formula is C32H30FNO3S. The van der Waals surface area contributed by atoms with Crippen LogP contribution in [0.3, 0.4) is 0 Å². The molecule has 0 fully saturated rings. The van der Waals surface area contributed by atoms with Gasteiger partial charge in [-0.15, -0.1) is 0 Å². The first kappa shape index (κ1) is 26.0. The lowest BCUT2D eigenvalue weighted by molar-refractivity contribution is 0.0274. The second-order valence-electron chi connectivity index (χ2n) is 9.76. The summed E-state index contributed by atoms with van der Waals surface area (Å²) in [6, 6.07) is 30.8. The SMILES string of the molecule is CCC(C)C(NS(=O)(=O)c1ccc(F)cc1)C(O)(c1cccc2ccccc12)c1cccc2ccccc12. The van der Waals surface area contributed by atoms with Gasteiger partial charge in [-0.05, 0) is 62.9 Å². The second kappa shape index (κ2) is 10.3. The molecule has 0 aliphatic rings. The fraction of sp³-hybridized carbons (Fsp3) is 0.188. The fourth-order valence-corrected chi connectivity index (χ4v) is 6.66. The highest BCUT2D eigenvalue weighted by Crippen LogP contribution is 2.43. The Morgan fingerprint density at radius 1 is 0.763 bits per heavy atom. The largest absolute Gasteiger partial charge is 0.379 e. The summed E-state index contributed by atoms with van der Waals surface area (Å²) in [5, 5.41) is 16.6. The van der Waals surface area contributed by atoms with E-state index in [-0.39, 0.29) is 10.8 Å². The van der Waals surface area contributed by atoms with Gasteiger partial charge in [-0.2, -0.15) is 0 Å². The van der Waals surface area contributed by atoms with Crippen molar-refractivity contribution in [3.05, 3.63) is 126 Å². The first-order chi connectivity index (χ1) is 18.3. The molecule has 0 spiro atoms. The number of benzene rings is 5. The minimum atomic E-state index is -4.11. The highest BCUT2D eigenvalue weighted by atomic mass is 32.2. The molecule has 0 amide bonds. The predicted octanol–water partition coefficient (Wildman–Crippen LogP) is 6.76. The average molecular weight is 528 g/mol. The topological polar surface area (TPSA) is 66.4 Å². The summed E-state index contributed by atoms with van der Waals surface area (Å²) in [7, 11) is -4.11. The summed E-state index contributed by atoms with van der Waals surface area (Å²) in [5.41, 5.74) is -0.525. The van der Waals surface area contributed by atoms with Gasteiger partial charge in [0.05, 0.1) is 10.9 Å². The molecule has 0 saturated carbocycles. The first-order valence-electron chi connectivity index (χ1n) is 12.7. The normalized spacial score (nSPS) is 14.0. The molecule has 194 valence electrons. The summed E-state index contributed by atoms with van der Waals surface area (Å²) >= 11 is 0. The van der Waals surface area contributed by atoms with Crippen molar-refractivity contribution in [1.29, 1.82) is 0 Å². The van der Waals surface area contributed by atoms with Crippen LogP contribution in [0, 0.1) is 11.7 Å². The molecule has 6 heteroatoms. The molecule has 5 rings (SSSR count). The molecule has 0 aromatic heterocycles. The van der Waals surface area contributed by atoms with E-state index in [1.54, 1.807) is 0 Å². The lowest BCUT2D eigenvalue weighted by Crippen LogP contribution is -2.54. The van der Waals surface area contributed by atoms with E-state index in [1.165, 1.54) is 12.1 Å². The Morgan fingerprint density at radius 2 is 1.24 bits per heavy atom. The van der Waals surface area contributed by atoms with Crippen molar-refractivity contribution < 1.29 is 17.9 Å². The van der Waals surface area contributed by atoms with E-state index in [1.807, 2.05) is 98.8 Å². The Hall–Kier alpha value is -3.58. The van der Waals surface area contributed by atoms with Crippen molar-refractivity contribution in [2.24, 2.45) is 5.92 Å². The van der Waals surface area contributed by atoms with Gasteiger partial charge >= 0.3 is 0 Å². The molecule has 5 aromatic rings. The van der Waals surface area contributed by atoms with Crippen LogP contribution in [0.4, 0.5) is 4.39 Å². The Morgan fingerprint density at radius 3 is 1.74 bits per heavy atom. The van der Waals surface area contributed by atoms with Crippen molar-refractivity contribution in [3.8, 4) is 0 Å². The van der Waals surface area contributed by atoms with Crippen LogP contribution in [0.15, 0.2) is 114 Å². The number of halogens is 1. The zero-order valence-corrected chi connectivity index (χ0v) is 22.1. The van der Waals surface area contributed by atoms with Crippen molar-refractivity contribution in [1.82, 2.24) is 4.72 Å². The van der Waals surface area contributed by atoms with Gasteiger partial charge in [-0.25, -0.2) is 17.5 Å². The highest BCUT2D eigenvalue weighted by molar-refractivity contribution is 7.89. The lowest BCUT2D eigenvalue weighted by Gasteiger charge is -2.41. The van der Waals surface area contributed by atoms with Gasteiger partial charge in [0.2, 0.25) is 10.0 Å². The minimum Gasteiger partial charge on any atom is -0.379 e. The van der Waals surface area contributed by atoms with Gasteiger partial charge < -0.3 is 5.11 Å². The van der Waals surface area contributed by atoms with Gasteiger partial charge in [0.15, 0.2) is 0 Å². The van der Waals surface area contributed by atoms with E-state index in [0.717, 1.165) is 33.7 Å². The van der Waals surface area contributed by atoms with Gasteiger partial charge in [-0.3, -0.25) is 0 Å². The number of aliphatic hydroxyl groups is 1. The molecule has 2 N–H and O–H groups in total. The Labute approximate surface area is 222 Å². The number of nitrogens with one attached hydrogen (secondary N) is 1. The number of hydrogen-bond acceptors (Lipinski definition) is 3. The molecule has 0 radical (unpaired) electrons. The quantitative estimate of drug-likeness (QED) is 0.234. The maximum absolute atomic E-state index is 13.7. The smallest absolute Gasteiger partial charge is 0.240 e. The third-order valence-electron chi connectivity index (χ3n) is 7.47. The van der Waals surface area contributed by atoms with Crippen LogP contribution in [0.25, 0.3) is 21.5 Å². The summed E-state index contributed by atoms with van der Waals surface area (Å²) in [6.45, 7) is 3.90. The summed E-state index contributed by atoms with van der Waals surface area (Å²) < 4.78 is 43.8. The van der Waals surface area contributed by atoms with Crippen molar-refractivity contribution in [2.45, 2.75) is 36.8 Å². The van der Waals surface area contributed by atoms with E-state index in [9.17, 15) is 17.9 Å². The van der Waals surface area contributed by atoms with Crippen LogP contribution in [0.2, 0.25) is 0 Å². The highest BCUT2D eigenvalue weighted by Gasteiger charge is 2.46. The van der Waals surface area contributed by atoms with E-state index in [0.29, 0.717) is 17.5 Å². The van der Waals surface area contributed by atoms with E-state index >= 15 is 0 Å². The maximum atomic E-state index is 13.7. The van der Waals surface area contributed by atoms with Crippen LogP contribution in [-0.2, 0) is 15.6 Å². The lowest BCUT2D eigenvalue weighted by atomic mass is 9.72. The molecule has 0 aliphatic heterocycles. The fourth-order valence-electron chi connectivity index (χ4n) is 5.29. The maximum Gasteiger partial charge on any atom is 0.240 e. The average Bonchev–Trinajstić information content (AvgIpc) is 2.94. The molecule has 5 aromatic carbocycles.